The normalized spacial score (nSPS) is 10.2. The Balaban J connectivity index is 2.14. The molecule has 0 radical (unpaired) electrons. The quantitative estimate of drug-likeness (QED) is 0.761. The van der Waals surface area contributed by atoms with Crippen LogP contribution in [0.3, 0.4) is 0 Å². The van der Waals surface area contributed by atoms with Crippen molar-refractivity contribution in [2.75, 3.05) is 11.9 Å². The van der Waals surface area contributed by atoms with Crippen LogP contribution in [-0.2, 0) is 6.54 Å². The van der Waals surface area contributed by atoms with Crippen molar-refractivity contribution < 1.29 is 13.6 Å². The Hall–Kier alpha value is -2.10. The molecular weight excluding hydrogens is 221 g/mol. The van der Waals surface area contributed by atoms with Crippen LogP contribution in [0, 0.1) is 5.82 Å². The summed E-state index contributed by atoms with van der Waals surface area (Å²) in [7, 11) is 1.77. The van der Waals surface area contributed by atoms with Crippen molar-refractivity contribution in [2.24, 2.45) is 0 Å². The number of furan rings is 1. The minimum atomic E-state index is -0.280. The molecule has 0 aliphatic rings. The number of nitrogens with zero attached hydrogens (tertiary/aromatic N) is 1. The van der Waals surface area contributed by atoms with Crippen LogP contribution in [0.5, 0.6) is 0 Å². The summed E-state index contributed by atoms with van der Waals surface area (Å²) in [6.07, 6.45) is 0.645. The van der Waals surface area contributed by atoms with Crippen molar-refractivity contribution in [2.45, 2.75) is 6.54 Å². The maximum atomic E-state index is 13.5. The minimum Gasteiger partial charge on any atom is -0.456 e. The minimum absolute atomic E-state index is 0.280. The predicted octanol–water partition coefficient (Wildman–Crippen LogP) is 2.87. The van der Waals surface area contributed by atoms with Gasteiger partial charge in [0, 0.05) is 7.05 Å². The van der Waals surface area contributed by atoms with Crippen molar-refractivity contribution in [3.05, 3.63) is 53.7 Å². The average molecular weight is 233 g/mol. The summed E-state index contributed by atoms with van der Waals surface area (Å²) < 4.78 is 18.7. The molecule has 0 N–H and O–H groups in total. The van der Waals surface area contributed by atoms with Crippen molar-refractivity contribution in [1.29, 1.82) is 0 Å². The van der Waals surface area contributed by atoms with Gasteiger partial charge in [-0.25, -0.2) is 4.39 Å². The van der Waals surface area contributed by atoms with E-state index in [2.05, 4.69) is 0 Å². The fraction of sp³-hybridized carbons (Fsp3) is 0.154. The van der Waals surface area contributed by atoms with E-state index in [0.29, 0.717) is 24.3 Å². The van der Waals surface area contributed by atoms with Gasteiger partial charge in [0.2, 0.25) is 0 Å². The lowest BCUT2D eigenvalue weighted by Gasteiger charge is -2.18. The summed E-state index contributed by atoms with van der Waals surface area (Å²) >= 11 is 0. The molecule has 1 aromatic heterocycles. The fourth-order valence-electron chi connectivity index (χ4n) is 1.62. The second-order valence-electron chi connectivity index (χ2n) is 3.73. The number of benzene rings is 1. The molecule has 0 bridgehead atoms. The molecule has 0 unspecified atom stereocenters. The molecular formula is C13H12FNO2. The number of carbonyl (C=O) groups is 1. The van der Waals surface area contributed by atoms with Crippen molar-refractivity contribution in [3.63, 3.8) is 0 Å². The first-order valence-electron chi connectivity index (χ1n) is 5.20. The Morgan fingerprint density at radius 3 is 2.71 bits per heavy atom. The van der Waals surface area contributed by atoms with Gasteiger partial charge >= 0.3 is 0 Å². The number of rotatable bonds is 4. The standard InChI is InChI=1S/C13H12FNO2/c1-15(13-5-3-2-4-12(13)14)8-10-6-7-11(9-16)17-10/h2-7,9H,8H2,1H3. The number of halogens is 1. The molecule has 0 atom stereocenters. The third-order valence-corrected chi connectivity index (χ3v) is 2.46. The maximum absolute atomic E-state index is 13.5. The van der Waals surface area contributed by atoms with Gasteiger partial charge in [-0.15, -0.1) is 0 Å². The summed E-state index contributed by atoms with van der Waals surface area (Å²) in [6, 6.07) is 9.82. The Bertz CT molecular complexity index is 522. The highest BCUT2D eigenvalue weighted by atomic mass is 19.1. The molecule has 0 spiro atoms. The van der Waals surface area contributed by atoms with E-state index in [9.17, 15) is 9.18 Å². The molecule has 2 rings (SSSR count). The van der Waals surface area contributed by atoms with E-state index in [0.717, 1.165) is 0 Å². The van der Waals surface area contributed by atoms with Gasteiger partial charge in [0.05, 0.1) is 12.2 Å². The second-order valence-corrected chi connectivity index (χ2v) is 3.73. The van der Waals surface area contributed by atoms with Gasteiger partial charge in [-0.3, -0.25) is 4.79 Å². The van der Waals surface area contributed by atoms with Crippen LogP contribution in [0.1, 0.15) is 16.3 Å². The molecule has 88 valence electrons. The fourth-order valence-corrected chi connectivity index (χ4v) is 1.62. The van der Waals surface area contributed by atoms with Crippen LogP contribution < -0.4 is 4.90 Å². The summed E-state index contributed by atoms with van der Waals surface area (Å²) in [5.41, 5.74) is 0.497. The number of carbonyl (C=O) groups excluding carboxylic acids is 1. The van der Waals surface area contributed by atoms with Gasteiger partial charge in [0.25, 0.3) is 0 Å². The van der Waals surface area contributed by atoms with Crippen LogP contribution in [0.25, 0.3) is 0 Å². The highest BCUT2D eigenvalue weighted by molar-refractivity contribution is 5.70. The third kappa shape index (κ3) is 2.53. The molecule has 0 amide bonds. The molecule has 0 saturated heterocycles. The molecule has 0 saturated carbocycles. The van der Waals surface area contributed by atoms with Crippen LogP contribution in [0.2, 0.25) is 0 Å². The molecule has 1 heterocycles. The Morgan fingerprint density at radius 1 is 1.29 bits per heavy atom. The monoisotopic (exact) mass is 233 g/mol. The number of anilines is 1. The number of hydrogen-bond acceptors (Lipinski definition) is 3. The molecule has 3 nitrogen and oxygen atoms in total. The summed E-state index contributed by atoms with van der Waals surface area (Å²) in [5, 5.41) is 0. The zero-order chi connectivity index (χ0) is 12.3. The first-order valence-corrected chi connectivity index (χ1v) is 5.20. The highest BCUT2D eigenvalue weighted by Crippen LogP contribution is 2.19. The number of hydrogen-bond donors (Lipinski definition) is 0. The average Bonchev–Trinajstić information content (AvgIpc) is 2.77. The smallest absolute Gasteiger partial charge is 0.185 e. The second kappa shape index (κ2) is 4.82. The van der Waals surface area contributed by atoms with Crippen LogP contribution in [-0.4, -0.2) is 13.3 Å². The summed E-state index contributed by atoms with van der Waals surface area (Å²) in [4.78, 5) is 12.2. The molecule has 17 heavy (non-hydrogen) atoms. The number of aldehydes is 1. The maximum Gasteiger partial charge on any atom is 0.185 e. The van der Waals surface area contributed by atoms with Crippen molar-refractivity contribution in [1.82, 2.24) is 0 Å². The van der Waals surface area contributed by atoms with Gasteiger partial charge < -0.3 is 9.32 Å². The van der Waals surface area contributed by atoms with Crippen LogP contribution in [0.15, 0.2) is 40.8 Å². The molecule has 0 aliphatic carbocycles. The van der Waals surface area contributed by atoms with Gasteiger partial charge in [0.1, 0.15) is 11.6 Å². The predicted molar refractivity (Wildman–Crippen MR) is 62.6 cm³/mol. The zero-order valence-electron chi connectivity index (χ0n) is 9.39. The molecule has 1 aromatic carbocycles. The first-order chi connectivity index (χ1) is 8.20. The first kappa shape index (κ1) is 11.4. The van der Waals surface area contributed by atoms with Crippen molar-refractivity contribution >= 4 is 12.0 Å². The van der Waals surface area contributed by atoms with E-state index in [-0.39, 0.29) is 11.6 Å². The highest BCUT2D eigenvalue weighted by Gasteiger charge is 2.09. The molecule has 2 aromatic rings. The Labute approximate surface area is 98.5 Å². The Morgan fingerprint density at radius 2 is 2.06 bits per heavy atom. The van der Waals surface area contributed by atoms with E-state index in [1.165, 1.54) is 6.07 Å². The van der Waals surface area contributed by atoms with Gasteiger partial charge in [0.15, 0.2) is 12.0 Å². The van der Waals surface area contributed by atoms with Crippen LogP contribution in [0.4, 0.5) is 10.1 Å². The van der Waals surface area contributed by atoms with E-state index in [1.807, 2.05) is 0 Å². The molecule has 0 aliphatic heterocycles. The largest absolute Gasteiger partial charge is 0.456 e. The molecule has 0 fully saturated rings. The topological polar surface area (TPSA) is 33.5 Å². The zero-order valence-corrected chi connectivity index (χ0v) is 9.39. The van der Waals surface area contributed by atoms with E-state index in [4.69, 9.17) is 4.42 Å². The Kier molecular flexibility index (Phi) is 3.23. The van der Waals surface area contributed by atoms with Gasteiger partial charge in [-0.05, 0) is 24.3 Å². The van der Waals surface area contributed by atoms with Gasteiger partial charge in [-0.2, -0.15) is 0 Å². The summed E-state index contributed by atoms with van der Waals surface area (Å²) in [5.74, 6) is 0.622. The molecule has 4 heteroatoms. The lowest BCUT2D eigenvalue weighted by Crippen LogP contribution is -2.17. The van der Waals surface area contributed by atoms with Crippen molar-refractivity contribution in [3.8, 4) is 0 Å². The SMILES string of the molecule is CN(Cc1ccc(C=O)o1)c1ccccc1F. The van der Waals surface area contributed by atoms with E-state index >= 15 is 0 Å². The third-order valence-electron chi connectivity index (χ3n) is 2.46. The lowest BCUT2D eigenvalue weighted by molar-refractivity contribution is 0.109. The van der Waals surface area contributed by atoms with Gasteiger partial charge in [-0.1, -0.05) is 12.1 Å². The van der Waals surface area contributed by atoms with Crippen LogP contribution >= 0.6 is 0 Å². The van der Waals surface area contributed by atoms with E-state index in [1.54, 1.807) is 42.3 Å². The summed E-state index contributed by atoms with van der Waals surface area (Å²) in [6.45, 7) is 0.411. The lowest BCUT2D eigenvalue weighted by atomic mass is 10.2. The van der Waals surface area contributed by atoms with E-state index < -0.39 is 0 Å². The number of para-hydroxylation sites is 1.